The van der Waals surface area contributed by atoms with Crippen LogP contribution >= 0.6 is 0 Å². The molecule has 0 saturated carbocycles. The zero-order chi connectivity index (χ0) is 25.2. The van der Waals surface area contributed by atoms with Gasteiger partial charge in [-0.1, -0.05) is 6.07 Å². The highest BCUT2D eigenvalue weighted by molar-refractivity contribution is 6.22. The quantitative estimate of drug-likeness (QED) is 0.653. The smallest absolute Gasteiger partial charge is 0.317 e. The Morgan fingerprint density at radius 2 is 1.89 bits per heavy atom. The van der Waals surface area contributed by atoms with Gasteiger partial charge in [-0.25, -0.2) is 14.5 Å². The van der Waals surface area contributed by atoms with Crippen molar-refractivity contribution < 1.29 is 27.6 Å². The van der Waals surface area contributed by atoms with E-state index in [1.807, 2.05) is 0 Å². The maximum absolute atomic E-state index is 13.4. The van der Waals surface area contributed by atoms with Gasteiger partial charge < -0.3 is 15.1 Å². The number of anilines is 2. The van der Waals surface area contributed by atoms with Gasteiger partial charge in [0.1, 0.15) is 6.04 Å². The molecule has 0 radical (unpaired) electrons. The number of amides is 5. The Hall–Kier alpha value is -4.07. The van der Waals surface area contributed by atoms with E-state index in [2.05, 4.69) is 11.4 Å². The van der Waals surface area contributed by atoms with Gasteiger partial charge >= 0.3 is 18.2 Å². The van der Waals surface area contributed by atoms with Crippen molar-refractivity contribution >= 4 is 29.3 Å². The minimum absolute atomic E-state index is 0.0106. The number of hydrogen-bond donors (Lipinski definition) is 1. The predicted molar refractivity (Wildman–Crippen MR) is 119 cm³/mol. The number of hydrogen-bond acceptors (Lipinski definition) is 4. The van der Waals surface area contributed by atoms with E-state index in [9.17, 15) is 32.8 Å². The first kappa shape index (κ1) is 22.7. The molecule has 2 aromatic carbocycles. The van der Waals surface area contributed by atoms with E-state index in [0.717, 1.165) is 17.0 Å². The van der Waals surface area contributed by atoms with Crippen molar-refractivity contribution in [1.29, 1.82) is 5.26 Å². The number of carbonyl (C=O) groups excluding carboxylic acids is 3. The third-order valence-corrected chi connectivity index (χ3v) is 7.09. The van der Waals surface area contributed by atoms with Crippen LogP contribution in [0.4, 0.5) is 34.1 Å². The van der Waals surface area contributed by atoms with Crippen LogP contribution < -0.4 is 10.2 Å². The molecule has 0 aliphatic carbocycles. The summed E-state index contributed by atoms with van der Waals surface area (Å²) in [6.07, 6.45) is -4.13. The Balaban J connectivity index is 1.38. The fraction of sp³-hybridized carbons (Fsp3) is 0.333. The van der Waals surface area contributed by atoms with Crippen molar-refractivity contribution in [3.63, 3.8) is 0 Å². The summed E-state index contributed by atoms with van der Waals surface area (Å²) in [5.41, 5.74) is 1.25. The number of likely N-dealkylation sites (tertiary alicyclic amines) is 1. The molecule has 3 aliphatic heterocycles. The average Bonchev–Trinajstić information content (AvgIpc) is 3.47. The summed E-state index contributed by atoms with van der Waals surface area (Å²) < 4.78 is 39.0. The van der Waals surface area contributed by atoms with E-state index in [-0.39, 0.29) is 18.3 Å². The summed E-state index contributed by atoms with van der Waals surface area (Å²) in [7, 11) is 0. The van der Waals surface area contributed by atoms with E-state index in [4.69, 9.17) is 0 Å². The topological polar surface area (TPSA) is 96.8 Å². The Kier molecular flexibility index (Phi) is 5.01. The predicted octanol–water partition coefficient (Wildman–Crippen LogP) is 4.02. The summed E-state index contributed by atoms with van der Waals surface area (Å²) in [6.45, 7) is 3.65. The van der Waals surface area contributed by atoms with Crippen LogP contribution in [0, 0.1) is 25.2 Å². The summed E-state index contributed by atoms with van der Waals surface area (Å²) in [6, 6.07) is 6.59. The largest absolute Gasteiger partial charge is 0.416 e. The third kappa shape index (κ3) is 3.39. The number of benzene rings is 2. The van der Waals surface area contributed by atoms with Gasteiger partial charge in [-0.3, -0.25) is 4.79 Å². The number of nitrogens with one attached hydrogen (secondary N) is 1. The molecule has 2 aromatic rings. The highest BCUT2D eigenvalue weighted by atomic mass is 19.4. The second-order valence-electron chi connectivity index (χ2n) is 8.92. The zero-order valence-corrected chi connectivity index (χ0v) is 18.8. The van der Waals surface area contributed by atoms with Crippen LogP contribution in [0.25, 0.3) is 0 Å². The van der Waals surface area contributed by atoms with Crippen molar-refractivity contribution in [3.05, 3.63) is 58.7 Å². The molecule has 11 heteroatoms. The van der Waals surface area contributed by atoms with E-state index in [1.165, 1.54) is 21.9 Å². The number of nitrogens with zero attached hydrogens (tertiary/aromatic N) is 4. The van der Waals surface area contributed by atoms with Crippen LogP contribution in [0.2, 0.25) is 0 Å². The van der Waals surface area contributed by atoms with Gasteiger partial charge in [0, 0.05) is 12.2 Å². The number of urea groups is 2. The Labute approximate surface area is 198 Å². The fourth-order valence-corrected chi connectivity index (χ4v) is 5.25. The zero-order valence-electron chi connectivity index (χ0n) is 18.8. The minimum Gasteiger partial charge on any atom is -0.317 e. The monoisotopic (exact) mass is 483 g/mol. The average molecular weight is 483 g/mol. The van der Waals surface area contributed by atoms with Crippen molar-refractivity contribution in [2.45, 2.75) is 44.6 Å². The molecule has 1 N–H and O–H groups in total. The molecular formula is C24H20F3N5O3. The molecule has 3 atom stereocenters. The first-order valence-corrected chi connectivity index (χ1v) is 10.9. The third-order valence-electron chi connectivity index (χ3n) is 7.09. The van der Waals surface area contributed by atoms with Gasteiger partial charge in [-0.05, 0) is 61.7 Å². The molecular weight excluding hydrogens is 463 g/mol. The van der Waals surface area contributed by atoms with E-state index in [1.54, 1.807) is 26.0 Å². The summed E-state index contributed by atoms with van der Waals surface area (Å²) >= 11 is 0. The first-order valence-electron chi connectivity index (χ1n) is 10.9. The normalized spacial score (nSPS) is 23.1. The molecule has 8 nitrogen and oxygen atoms in total. The van der Waals surface area contributed by atoms with Crippen LogP contribution in [0.1, 0.15) is 28.7 Å². The van der Waals surface area contributed by atoms with E-state index < -0.39 is 41.8 Å². The maximum atomic E-state index is 13.4. The lowest BCUT2D eigenvalue weighted by atomic mass is 10.0. The lowest BCUT2D eigenvalue weighted by Crippen LogP contribution is -2.55. The fourth-order valence-electron chi connectivity index (χ4n) is 5.25. The Morgan fingerprint density at radius 1 is 1.14 bits per heavy atom. The molecule has 0 aromatic heterocycles. The molecule has 3 saturated heterocycles. The van der Waals surface area contributed by atoms with Gasteiger partial charge in [0.25, 0.3) is 5.91 Å². The maximum Gasteiger partial charge on any atom is 0.416 e. The number of rotatable bonds is 2. The molecule has 35 heavy (non-hydrogen) atoms. The molecule has 2 bridgehead atoms. The summed E-state index contributed by atoms with van der Waals surface area (Å²) in [5.74, 6) is -0.466. The summed E-state index contributed by atoms with van der Waals surface area (Å²) in [5, 5.41) is 11.7. The van der Waals surface area contributed by atoms with E-state index >= 15 is 0 Å². The second-order valence-corrected chi connectivity index (χ2v) is 8.92. The Bertz CT molecular complexity index is 1320. The number of carbonyl (C=O) groups is 3. The van der Waals surface area contributed by atoms with E-state index in [0.29, 0.717) is 28.8 Å². The molecule has 0 spiro atoms. The lowest BCUT2D eigenvalue weighted by Gasteiger charge is -2.34. The number of fused-ring (bicyclic) bond motifs is 5. The lowest BCUT2D eigenvalue weighted by molar-refractivity contribution is -0.137. The molecule has 180 valence electrons. The number of alkyl halides is 3. The second kappa shape index (κ2) is 7.73. The number of imide groups is 1. The molecule has 3 heterocycles. The standard InChI is InChI=1S/C24H20F3N5O3/c1-12-13(2)18(7-6-14(12)10-28)32-21(33)20-19-9-17(31(20)23(32)35)11-30(19)22(34)29-16-5-3-4-15(8-16)24(25,26)27/h3-8,17,19-20H,9,11H2,1-2H3,(H,29,34)/t17?,19?,20-/m0/s1. The van der Waals surface area contributed by atoms with Crippen molar-refractivity contribution in [2.75, 3.05) is 16.8 Å². The Morgan fingerprint density at radius 3 is 2.57 bits per heavy atom. The van der Waals surface area contributed by atoms with Crippen LogP contribution in [0.5, 0.6) is 0 Å². The van der Waals surface area contributed by atoms with Crippen LogP contribution in [-0.2, 0) is 11.0 Å². The highest BCUT2D eigenvalue weighted by Crippen LogP contribution is 2.43. The van der Waals surface area contributed by atoms with Crippen LogP contribution in [0.15, 0.2) is 36.4 Å². The van der Waals surface area contributed by atoms with Crippen molar-refractivity contribution in [3.8, 4) is 6.07 Å². The summed E-state index contributed by atoms with van der Waals surface area (Å²) in [4.78, 5) is 43.6. The number of piperazine rings is 1. The van der Waals surface area contributed by atoms with Crippen LogP contribution in [-0.4, -0.2) is 52.4 Å². The minimum atomic E-state index is -4.55. The molecule has 3 aliphatic rings. The number of nitriles is 1. The molecule has 5 rings (SSSR count). The van der Waals surface area contributed by atoms with Crippen molar-refractivity contribution in [1.82, 2.24) is 9.80 Å². The molecule has 5 amide bonds. The first-order chi connectivity index (χ1) is 16.5. The molecule has 3 fully saturated rings. The van der Waals surface area contributed by atoms with Gasteiger partial charge in [-0.15, -0.1) is 0 Å². The van der Waals surface area contributed by atoms with Crippen LogP contribution in [0.3, 0.4) is 0 Å². The molecule has 2 unspecified atom stereocenters. The van der Waals surface area contributed by atoms with Crippen molar-refractivity contribution in [2.24, 2.45) is 0 Å². The van der Waals surface area contributed by atoms with Gasteiger partial charge in [0.2, 0.25) is 0 Å². The number of halogens is 3. The SMILES string of the molecule is Cc1c(C#N)ccc(N2C(=O)[C@@H]3C4CC(CN4C(=O)Nc4cccc(C(F)(F)F)c4)N3C2=O)c1C. The van der Waals surface area contributed by atoms with Gasteiger partial charge in [-0.2, -0.15) is 18.4 Å². The van der Waals surface area contributed by atoms with Gasteiger partial charge in [0.15, 0.2) is 0 Å². The highest BCUT2D eigenvalue weighted by Gasteiger charge is 2.63. The van der Waals surface area contributed by atoms with Gasteiger partial charge in [0.05, 0.1) is 35.0 Å².